The lowest BCUT2D eigenvalue weighted by Gasteiger charge is -2.38. The zero-order valence-electron chi connectivity index (χ0n) is 12.0. The average molecular weight is 300 g/mol. The molecule has 5 nitrogen and oxygen atoms in total. The Morgan fingerprint density at radius 3 is 2.90 bits per heavy atom. The molecule has 0 aliphatic heterocycles. The van der Waals surface area contributed by atoms with Crippen LogP contribution in [0.15, 0.2) is 24.7 Å². The third kappa shape index (κ3) is 2.19. The van der Waals surface area contributed by atoms with Crippen LogP contribution in [0.4, 0.5) is 0 Å². The Hall–Kier alpha value is -1.95. The first-order chi connectivity index (χ1) is 10.1. The van der Waals surface area contributed by atoms with Crippen LogP contribution in [-0.4, -0.2) is 25.2 Å². The van der Waals surface area contributed by atoms with Crippen molar-refractivity contribution in [1.82, 2.24) is 19.6 Å². The molecule has 0 radical (unpaired) electrons. The van der Waals surface area contributed by atoms with E-state index >= 15 is 0 Å². The Bertz CT molecular complexity index is 803. The summed E-state index contributed by atoms with van der Waals surface area (Å²) in [4.78, 5) is 10.0. The third-order valence-corrected chi connectivity index (χ3v) is 4.92. The first-order valence-corrected chi connectivity index (χ1v) is 7.91. The van der Waals surface area contributed by atoms with Gasteiger partial charge in [0.25, 0.3) is 0 Å². The van der Waals surface area contributed by atoms with Gasteiger partial charge >= 0.3 is 0 Å². The molecular formula is C15H16N4OS. The molecule has 6 heteroatoms. The van der Waals surface area contributed by atoms with Gasteiger partial charge in [0, 0.05) is 6.20 Å². The van der Waals surface area contributed by atoms with Gasteiger partial charge in [0.05, 0.1) is 22.3 Å². The van der Waals surface area contributed by atoms with Crippen molar-refractivity contribution in [1.29, 1.82) is 0 Å². The highest BCUT2D eigenvalue weighted by atomic mass is 32.1. The van der Waals surface area contributed by atoms with Gasteiger partial charge in [0.1, 0.15) is 16.8 Å². The molecule has 108 valence electrons. The molecule has 1 aliphatic rings. The van der Waals surface area contributed by atoms with E-state index in [1.165, 1.54) is 6.42 Å². The number of hydrogen-bond donors (Lipinski definition) is 0. The van der Waals surface area contributed by atoms with Gasteiger partial charge in [-0.1, -0.05) is 0 Å². The molecule has 1 saturated carbocycles. The van der Waals surface area contributed by atoms with E-state index in [2.05, 4.69) is 17.0 Å². The maximum atomic E-state index is 6.19. The summed E-state index contributed by atoms with van der Waals surface area (Å²) in [5, 5.41) is 5.36. The van der Waals surface area contributed by atoms with Gasteiger partial charge in [-0.15, -0.1) is 11.3 Å². The minimum atomic E-state index is -0.0833. The Morgan fingerprint density at radius 1 is 1.38 bits per heavy atom. The summed E-state index contributed by atoms with van der Waals surface area (Å²) in [5.41, 5.74) is 1.68. The Morgan fingerprint density at radius 2 is 2.24 bits per heavy atom. The fourth-order valence-corrected chi connectivity index (χ4v) is 3.31. The maximum absolute atomic E-state index is 6.19. The molecule has 0 amide bonds. The molecule has 3 aromatic heterocycles. The minimum absolute atomic E-state index is 0.0833. The number of ether oxygens (including phenoxy) is 1. The standard InChI is InChI=1S/C15H16N4OS/c1-10-16-8-13(21-10)11-9-19-12(4-7-17-19)14(18-11)20-15(2)5-3-6-15/h4,7-9H,3,5-6H2,1-2H3. The van der Waals surface area contributed by atoms with Crippen LogP contribution in [0.5, 0.6) is 5.88 Å². The van der Waals surface area contributed by atoms with Crippen LogP contribution in [0.2, 0.25) is 0 Å². The predicted octanol–water partition coefficient (Wildman–Crippen LogP) is 3.48. The van der Waals surface area contributed by atoms with E-state index in [-0.39, 0.29) is 5.60 Å². The van der Waals surface area contributed by atoms with Gasteiger partial charge in [-0.25, -0.2) is 14.5 Å². The van der Waals surface area contributed by atoms with E-state index in [9.17, 15) is 0 Å². The molecule has 0 saturated heterocycles. The second-order valence-electron chi connectivity index (χ2n) is 5.74. The largest absolute Gasteiger partial charge is 0.470 e. The predicted molar refractivity (Wildman–Crippen MR) is 81.7 cm³/mol. The summed E-state index contributed by atoms with van der Waals surface area (Å²) in [7, 11) is 0. The Kier molecular flexibility index (Phi) is 2.75. The second kappa shape index (κ2) is 4.53. The van der Waals surface area contributed by atoms with Gasteiger partial charge < -0.3 is 4.74 Å². The molecule has 3 heterocycles. The summed E-state index contributed by atoms with van der Waals surface area (Å²) in [5.74, 6) is 0.665. The average Bonchev–Trinajstić information content (AvgIpc) is 3.05. The fraction of sp³-hybridized carbons (Fsp3) is 0.400. The first-order valence-electron chi connectivity index (χ1n) is 7.09. The number of aromatic nitrogens is 4. The molecule has 1 fully saturated rings. The molecule has 0 bridgehead atoms. The van der Waals surface area contributed by atoms with Crippen LogP contribution in [-0.2, 0) is 0 Å². The van der Waals surface area contributed by atoms with Crippen LogP contribution >= 0.6 is 11.3 Å². The van der Waals surface area contributed by atoms with E-state index < -0.39 is 0 Å². The molecule has 1 aliphatic carbocycles. The van der Waals surface area contributed by atoms with E-state index in [0.717, 1.165) is 33.9 Å². The lowest BCUT2D eigenvalue weighted by atomic mass is 9.82. The minimum Gasteiger partial charge on any atom is -0.470 e. The summed E-state index contributed by atoms with van der Waals surface area (Å²) < 4.78 is 8.02. The fourth-order valence-electron chi connectivity index (χ4n) is 2.58. The number of nitrogens with zero attached hydrogens (tertiary/aromatic N) is 4. The monoisotopic (exact) mass is 300 g/mol. The van der Waals surface area contributed by atoms with E-state index in [4.69, 9.17) is 9.72 Å². The molecule has 0 aromatic carbocycles. The van der Waals surface area contributed by atoms with Crippen molar-refractivity contribution >= 4 is 16.9 Å². The van der Waals surface area contributed by atoms with Crippen molar-refractivity contribution in [2.45, 2.75) is 38.7 Å². The van der Waals surface area contributed by atoms with Crippen LogP contribution in [0.3, 0.4) is 0 Å². The van der Waals surface area contributed by atoms with E-state index in [1.54, 1.807) is 17.5 Å². The number of rotatable bonds is 3. The van der Waals surface area contributed by atoms with E-state index in [0.29, 0.717) is 5.88 Å². The second-order valence-corrected chi connectivity index (χ2v) is 6.98. The van der Waals surface area contributed by atoms with Crippen molar-refractivity contribution in [3.63, 3.8) is 0 Å². The van der Waals surface area contributed by atoms with Gasteiger partial charge in [-0.3, -0.25) is 0 Å². The van der Waals surface area contributed by atoms with Gasteiger partial charge in [0.2, 0.25) is 5.88 Å². The highest BCUT2D eigenvalue weighted by Crippen LogP contribution is 2.37. The van der Waals surface area contributed by atoms with Crippen LogP contribution < -0.4 is 4.74 Å². The Balaban J connectivity index is 1.82. The molecule has 0 unspecified atom stereocenters. The molecule has 21 heavy (non-hydrogen) atoms. The van der Waals surface area contributed by atoms with Crippen molar-refractivity contribution in [3.05, 3.63) is 29.7 Å². The SMILES string of the molecule is Cc1ncc(-c2cn3nccc3c(OC3(C)CCC3)n2)s1. The van der Waals surface area contributed by atoms with Crippen LogP contribution in [0.25, 0.3) is 16.1 Å². The van der Waals surface area contributed by atoms with Crippen molar-refractivity contribution in [2.24, 2.45) is 0 Å². The first kappa shape index (κ1) is 12.8. The molecular weight excluding hydrogens is 284 g/mol. The van der Waals surface area contributed by atoms with Crippen molar-refractivity contribution < 1.29 is 4.74 Å². The number of thiazole rings is 1. The molecule has 4 rings (SSSR count). The molecule has 3 aromatic rings. The quantitative estimate of drug-likeness (QED) is 0.743. The van der Waals surface area contributed by atoms with Gasteiger partial charge in [-0.05, 0) is 39.2 Å². The zero-order chi connectivity index (χ0) is 14.4. The molecule has 0 N–H and O–H groups in total. The highest BCUT2D eigenvalue weighted by Gasteiger charge is 2.35. The lowest BCUT2D eigenvalue weighted by molar-refractivity contribution is 0.00845. The smallest absolute Gasteiger partial charge is 0.241 e. The lowest BCUT2D eigenvalue weighted by Crippen LogP contribution is -2.40. The normalized spacial score (nSPS) is 16.9. The van der Waals surface area contributed by atoms with Gasteiger partial charge in [-0.2, -0.15) is 5.10 Å². The molecule has 0 spiro atoms. The van der Waals surface area contributed by atoms with E-state index in [1.807, 2.05) is 29.9 Å². The van der Waals surface area contributed by atoms with Crippen LogP contribution in [0.1, 0.15) is 31.2 Å². The van der Waals surface area contributed by atoms with Crippen LogP contribution in [0, 0.1) is 6.92 Å². The molecule has 0 atom stereocenters. The highest BCUT2D eigenvalue weighted by molar-refractivity contribution is 7.15. The zero-order valence-corrected chi connectivity index (χ0v) is 12.9. The van der Waals surface area contributed by atoms with Crippen molar-refractivity contribution in [2.75, 3.05) is 0 Å². The van der Waals surface area contributed by atoms with Gasteiger partial charge in [0.15, 0.2) is 0 Å². The summed E-state index contributed by atoms with van der Waals surface area (Å²) >= 11 is 1.63. The summed E-state index contributed by atoms with van der Waals surface area (Å²) in [6, 6.07) is 1.94. The Labute approximate surface area is 126 Å². The third-order valence-electron chi connectivity index (χ3n) is 3.98. The van der Waals surface area contributed by atoms with Crippen molar-refractivity contribution in [3.8, 4) is 16.5 Å². The number of aryl methyl sites for hydroxylation is 1. The number of hydrogen-bond acceptors (Lipinski definition) is 5. The number of fused-ring (bicyclic) bond motifs is 1. The summed E-state index contributed by atoms with van der Waals surface area (Å²) in [6.07, 6.45) is 8.94. The maximum Gasteiger partial charge on any atom is 0.241 e. The summed E-state index contributed by atoms with van der Waals surface area (Å²) in [6.45, 7) is 4.14. The topological polar surface area (TPSA) is 52.3 Å².